The Labute approximate surface area is 229 Å². The summed E-state index contributed by atoms with van der Waals surface area (Å²) < 4.78 is 40.4. The van der Waals surface area contributed by atoms with Crippen molar-refractivity contribution in [3.8, 4) is 11.5 Å². The number of hydrogen-bond acceptors (Lipinski definition) is 5. The highest BCUT2D eigenvalue weighted by Gasteiger charge is 2.39. The molecule has 1 heterocycles. The second-order valence-electron chi connectivity index (χ2n) is 9.25. The third-order valence-electron chi connectivity index (χ3n) is 6.95. The lowest BCUT2D eigenvalue weighted by molar-refractivity contribution is -0.121. The molecule has 0 spiro atoms. The van der Waals surface area contributed by atoms with E-state index in [1.54, 1.807) is 24.3 Å². The number of hydrogen-bond donors (Lipinski definition) is 1. The van der Waals surface area contributed by atoms with E-state index < -0.39 is 28.1 Å². The van der Waals surface area contributed by atoms with E-state index in [4.69, 9.17) is 21.1 Å². The van der Waals surface area contributed by atoms with Crippen LogP contribution in [0.4, 0.5) is 5.69 Å². The summed E-state index contributed by atoms with van der Waals surface area (Å²) in [5, 5.41) is 3.51. The first-order valence-electron chi connectivity index (χ1n) is 12.8. The summed E-state index contributed by atoms with van der Waals surface area (Å²) in [6, 6.07) is 19.9. The lowest BCUT2D eigenvalue weighted by Gasteiger charge is -2.41. The van der Waals surface area contributed by atoms with E-state index in [1.807, 2.05) is 31.2 Å². The van der Waals surface area contributed by atoms with Gasteiger partial charge in [-0.2, -0.15) is 0 Å². The Morgan fingerprint density at radius 2 is 1.68 bits per heavy atom. The number of sulfonamides is 1. The minimum absolute atomic E-state index is 0.0379. The molecule has 0 unspecified atom stereocenters. The van der Waals surface area contributed by atoms with Crippen LogP contribution in [0.2, 0.25) is 5.02 Å². The molecular formula is C29H33ClN2O5S. The molecule has 0 saturated carbocycles. The molecule has 0 saturated heterocycles. The number of anilines is 1. The van der Waals surface area contributed by atoms with Gasteiger partial charge in [-0.15, -0.1) is 0 Å². The van der Waals surface area contributed by atoms with Gasteiger partial charge in [0.25, 0.3) is 10.0 Å². The number of nitrogens with zero attached hydrogens (tertiary/aromatic N) is 1. The highest BCUT2D eigenvalue weighted by molar-refractivity contribution is 7.92. The van der Waals surface area contributed by atoms with Crippen LogP contribution >= 0.6 is 11.6 Å². The number of carbonyl (C=O) groups excluding carboxylic acids is 1. The summed E-state index contributed by atoms with van der Waals surface area (Å²) in [4.78, 5) is 13.5. The van der Waals surface area contributed by atoms with Gasteiger partial charge in [-0.1, -0.05) is 43.6 Å². The topological polar surface area (TPSA) is 84.9 Å². The predicted molar refractivity (Wildman–Crippen MR) is 149 cm³/mol. The Hall–Kier alpha value is -3.23. The van der Waals surface area contributed by atoms with Gasteiger partial charge in [-0.05, 0) is 74.4 Å². The summed E-state index contributed by atoms with van der Waals surface area (Å²) in [7, 11) is -4.08. The van der Waals surface area contributed by atoms with E-state index in [9.17, 15) is 13.2 Å². The zero-order chi connectivity index (χ0) is 27.3. The van der Waals surface area contributed by atoms with Crippen LogP contribution < -0.4 is 19.1 Å². The van der Waals surface area contributed by atoms with Crippen LogP contribution in [0.25, 0.3) is 0 Å². The van der Waals surface area contributed by atoms with Crippen LogP contribution in [0.15, 0.2) is 77.7 Å². The summed E-state index contributed by atoms with van der Waals surface area (Å²) in [5.74, 6) is 0.933. The van der Waals surface area contributed by atoms with Crippen molar-refractivity contribution < 1.29 is 22.7 Å². The molecule has 1 amide bonds. The van der Waals surface area contributed by atoms with Gasteiger partial charge in [0.1, 0.15) is 23.6 Å². The summed E-state index contributed by atoms with van der Waals surface area (Å²) in [5.41, 5.74) is 0.824. The number of halogens is 1. The maximum absolute atomic E-state index is 13.7. The van der Waals surface area contributed by atoms with Crippen molar-refractivity contribution >= 4 is 33.2 Å². The molecule has 38 heavy (non-hydrogen) atoms. The van der Waals surface area contributed by atoms with Crippen molar-refractivity contribution in [2.45, 2.75) is 56.6 Å². The van der Waals surface area contributed by atoms with E-state index in [1.165, 1.54) is 24.3 Å². The quantitative estimate of drug-likeness (QED) is 0.324. The van der Waals surface area contributed by atoms with Crippen molar-refractivity contribution in [2.75, 3.05) is 17.5 Å². The third-order valence-corrected chi connectivity index (χ3v) is 8.99. The van der Waals surface area contributed by atoms with E-state index in [0.29, 0.717) is 29.5 Å². The first kappa shape index (κ1) is 27.8. The lowest BCUT2D eigenvalue weighted by Crippen LogP contribution is -2.47. The maximum Gasteiger partial charge on any atom is 0.264 e. The van der Waals surface area contributed by atoms with Gasteiger partial charge in [-0.3, -0.25) is 9.10 Å². The van der Waals surface area contributed by atoms with E-state index in [2.05, 4.69) is 19.2 Å². The number of carbonyl (C=O) groups is 1. The number of ether oxygens (including phenoxy) is 2. The van der Waals surface area contributed by atoms with Gasteiger partial charge in [0.05, 0.1) is 23.2 Å². The Balaban J connectivity index is 1.65. The molecule has 0 fully saturated rings. The predicted octanol–water partition coefficient (Wildman–Crippen LogP) is 6.13. The minimum atomic E-state index is -4.08. The first-order valence-corrected chi connectivity index (χ1v) is 14.6. The molecule has 4 rings (SSSR count). The van der Waals surface area contributed by atoms with Crippen LogP contribution in [0.5, 0.6) is 11.5 Å². The van der Waals surface area contributed by atoms with Crippen LogP contribution in [-0.4, -0.2) is 33.1 Å². The molecule has 9 heteroatoms. The second-order valence-corrected chi connectivity index (χ2v) is 11.5. The Morgan fingerprint density at radius 1 is 1.03 bits per heavy atom. The van der Waals surface area contributed by atoms with Crippen molar-refractivity contribution in [1.82, 2.24) is 5.32 Å². The molecular weight excluding hydrogens is 524 g/mol. The van der Waals surface area contributed by atoms with Gasteiger partial charge in [0.15, 0.2) is 0 Å². The maximum atomic E-state index is 13.7. The van der Waals surface area contributed by atoms with Gasteiger partial charge in [0, 0.05) is 17.0 Å². The molecule has 1 atom stereocenters. The standard InChI is InChI=1S/C29H33ClN2O5S/c1-4-29(5-2)19-26(25-9-7-8-10-27(25)37-29)31-28(33)20-32(22-13-15-23(16-14-22)36-6-3)38(34,35)24-17-11-21(30)12-18-24/h7-18,26H,4-6,19-20H2,1-3H3,(H,31,33)/t26-/m0/s1. The van der Waals surface area contributed by atoms with Crippen molar-refractivity contribution in [3.63, 3.8) is 0 Å². The fraction of sp³-hybridized carbons (Fsp3) is 0.345. The zero-order valence-corrected chi connectivity index (χ0v) is 23.4. The SMILES string of the molecule is CCOc1ccc(N(CC(=O)N[C@H]2CC(CC)(CC)Oc3ccccc32)S(=O)(=O)c2ccc(Cl)cc2)cc1. The fourth-order valence-corrected chi connectivity index (χ4v) is 6.27. The smallest absolute Gasteiger partial charge is 0.264 e. The molecule has 3 aromatic carbocycles. The molecule has 7 nitrogen and oxygen atoms in total. The van der Waals surface area contributed by atoms with Gasteiger partial charge in [-0.25, -0.2) is 8.42 Å². The minimum Gasteiger partial charge on any atom is -0.494 e. The highest BCUT2D eigenvalue weighted by atomic mass is 35.5. The number of para-hydroxylation sites is 1. The Kier molecular flexibility index (Phi) is 8.53. The molecule has 0 radical (unpaired) electrons. The molecule has 1 N–H and O–H groups in total. The molecule has 0 aliphatic carbocycles. The molecule has 0 aromatic heterocycles. The number of nitrogens with one attached hydrogen (secondary N) is 1. The van der Waals surface area contributed by atoms with Gasteiger partial charge in [0.2, 0.25) is 5.91 Å². The second kappa shape index (κ2) is 11.7. The molecule has 1 aliphatic heterocycles. The highest BCUT2D eigenvalue weighted by Crippen LogP contribution is 2.42. The number of benzene rings is 3. The summed E-state index contributed by atoms with van der Waals surface area (Å²) in [6.07, 6.45) is 2.16. The molecule has 202 valence electrons. The van der Waals surface area contributed by atoms with Crippen molar-refractivity contribution in [3.05, 3.63) is 83.4 Å². The average Bonchev–Trinajstić information content (AvgIpc) is 2.92. The first-order chi connectivity index (χ1) is 18.2. The van der Waals surface area contributed by atoms with Gasteiger partial charge >= 0.3 is 0 Å². The van der Waals surface area contributed by atoms with Crippen LogP contribution in [0.1, 0.15) is 51.6 Å². The van der Waals surface area contributed by atoms with Crippen molar-refractivity contribution in [1.29, 1.82) is 0 Å². The fourth-order valence-electron chi connectivity index (χ4n) is 4.72. The third kappa shape index (κ3) is 5.92. The van der Waals surface area contributed by atoms with E-state index >= 15 is 0 Å². The largest absolute Gasteiger partial charge is 0.494 e. The molecule has 3 aromatic rings. The van der Waals surface area contributed by atoms with E-state index in [0.717, 1.165) is 28.5 Å². The monoisotopic (exact) mass is 556 g/mol. The Bertz CT molecular complexity index is 1360. The number of fused-ring (bicyclic) bond motifs is 1. The molecule has 0 bridgehead atoms. The number of amides is 1. The molecule has 1 aliphatic rings. The summed E-state index contributed by atoms with van der Waals surface area (Å²) >= 11 is 5.99. The Morgan fingerprint density at radius 3 is 2.32 bits per heavy atom. The number of rotatable bonds is 10. The van der Waals surface area contributed by atoms with Crippen LogP contribution in [0.3, 0.4) is 0 Å². The van der Waals surface area contributed by atoms with Crippen LogP contribution in [-0.2, 0) is 14.8 Å². The normalized spacial score (nSPS) is 16.2. The van der Waals surface area contributed by atoms with E-state index in [-0.39, 0.29) is 10.9 Å². The lowest BCUT2D eigenvalue weighted by atomic mass is 9.83. The van der Waals surface area contributed by atoms with Gasteiger partial charge < -0.3 is 14.8 Å². The van der Waals surface area contributed by atoms with Crippen LogP contribution in [0, 0.1) is 0 Å². The average molecular weight is 557 g/mol. The summed E-state index contributed by atoms with van der Waals surface area (Å²) in [6.45, 7) is 6.10. The van der Waals surface area contributed by atoms with Crippen molar-refractivity contribution in [2.24, 2.45) is 0 Å². The zero-order valence-electron chi connectivity index (χ0n) is 21.8.